The lowest BCUT2D eigenvalue weighted by Gasteiger charge is -2.24. The molecule has 1 aliphatic rings. The number of nitrogens with one attached hydrogen (secondary N) is 2. The molecule has 0 bridgehead atoms. The van der Waals surface area contributed by atoms with Gasteiger partial charge in [-0.2, -0.15) is 11.8 Å². The Labute approximate surface area is 161 Å². The zero-order chi connectivity index (χ0) is 17.4. The minimum absolute atomic E-state index is 0. The third-order valence-corrected chi connectivity index (χ3v) is 5.01. The molecule has 0 aliphatic carbocycles. The Morgan fingerprint density at radius 2 is 2.04 bits per heavy atom. The van der Waals surface area contributed by atoms with Gasteiger partial charge in [-0.3, -0.25) is 4.79 Å². The first-order valence-corrected chi connectivity index (χ1v) is 9.79. The number of hydrogen-bond acceptors (Lipinski definition) is 5. The van der Waals surface area contributed by atoms with Crippen molar-refractivity contribution < 1.29 is 14.3 Å². The normalized spacial score (nSPS) is 18.0. The molecule has 25 heavy (non-hydrogen) atoms. The SMILES string of the molecule is CCOc1ccc(C(C)NC(=O)CC2CSCCN2)cc1OCC.Cl. The summed E-state index contributed by atoms with van der Waals surface area (Å²) in [6, 6.07) is 6.05. The van der Waals surface area contributed by atoms with Crippen molar-refractivity contribution >= 4 is 30.1 Å². The maximum absolute atomic E-state index is 12.3. The van der Waals surface area contributed by atoms with Crippen molar-refractivity contribution in [1.82, 2.24) is 10.6 Å². The van der Waals surface area contributed by atoms with Crippen LogP contribution in [0.25, 0.3) is 0 Å². The van der Waals surface area contributed by atoms with E-state index in [1.807, 2.05) is 50.7 Å². The first-order chi connectivity index (χ1) is 11.6. The molecule has 5 nitrogen and oxygen atoms in total. The summed E-state index contributed by atoms with van der Waals surface area (Å²) in [4.78, 5) is 12.3. The van der Waals surface area contributed by atoms with E-state index in [0.29, 0.717) is 19.6 Å². The zero-order valence-electron chi connectivity index (χ0n) is 15.2. The third kappa shape index (κ3) is 6.96. The van der Waals surface area contributed by atoms with Crippen molar-refractivity contribution in [2.75, 3.05) is 31.3 Å². The van der Waals surface area contributed by atoms with E-state index in [2.05, 4.69) is 10.6 Å². The fraction of sp³-hybridized carbons (Fsp3) is 0.611. The molecular formula is C18H29ClN2O3S. The van der Waals surface area contributed by atoms with Gasteiger partial charge in [0.05, 0.1) is 19.3 Å². The van der Waals surface area contributed by atoms with Gasteiger partial charge in [0.1, 0.15) is 0 Å². The van der Waals surface area contributed by atoms with Gasteiger partial charge >= 0.3 is 0 Å². The smallest absolute Gasteiger partial charge is 0.222 e. The molecule has 0 aromatic heterocycles. The summed E-state index contributed by atoms with van der Waals surface area (Å²) in [5.74, 6) is 3.67. The first kappa shape index (κ1) is 21.9. The second-order valence-corrected chi connectivity index (χ2v) is 6.94. The number of rotatable bonds is 8. The second kappa shape index (κ2) is 11.5. The van der Waals surface area contributed by atoms with E-state index in [9.17, 15) is 4.79 Å². The Morgan fingerprint density at radius 1 is 1.32 bits per heavy atom. The second-order valence-electron chi connectivity index (χ2n) is 5.79. The summed E-state index contributed by atoms with van der Waals surface area (Å²) in [6.45, 7) is 8.04. The number of ether oxygens (including phenoxy) is 2. The molecule has 0 radical (unpaired) electrons. The largest absolute Gasteiger partial charge is 0.490 e. The Morgan fingerprint density at radius 3 is 2.68 bits per heavy atom. The van der Waals surface area contributed by atoms with Gasteiger partial charge in [0, 0.05) is 30.5 Å². The number of amides is 1. The summed E-state index contributed by atoms with van der Waals surface area (Å²) < 4.78 is 11.2. The molecule has 2 N–H and O–H groups in total. The lowest BCUT2D eigenvalue weighted by molar-refractivity contribution is -0.122. The molecule has 1 saturated heterocycles. The number of carbonyl (C=O) groups excluding carboxylic acids is 1. The van der Waals surface area contributed by atoms with Crippen molar-refractivity contribution in [1.29, 1.82) is 0 Å². The van der Waals surface area contributed by atoms with Crippen LogP contribution >= 0.6 is 24.2 Å². The van der Waals surface area contributed by atoms with E-state index in [1.165, 1.54) is 0 Å². The van der Waals surface area contributed by atoms with E-state index in [1.54, 1.807) is 0 Å². The molecule has 1 amide bonds. The van der Waals surface area contributed by atoms with Crippen LogP contribution in [0.4, 0.5) is 0 Å². The van der Waals surface area contributed by atoms with E-state index in [4.69, 9.17) is 9.47 Å². The topological polar surface area (TPSA) is 59.6 Å². The minimum Gasteiger partial charge on any atom is -0.490 e. The maximum Gasteiger partial charge on any atom is 0.222 e. The number of hydrogen-bond donors (Lipinski definition) is 2. The van der Waals surface area contributed by atoms with Crippen molar-refractivity contribution in [3.8, 4) is 11.5 Å². The third-order valence-electron chi connectivity index (χ3n) is 3.88. The van der Waals surface area contributed by atoms with Crippen LogP contribution in [0.2, 0.25) is 0 Å². The molecule has 1 heterocycles. The van der Waals surface area contributed by atoms with Crippen LogP contribution in [0.1, 0.15) is 38.8 Å². The molecule has 7 heteroatoms. The molecule has 1 aromatic carbocycles. The quantitative estimate of drug-likeness (QED) is 0.716. The number of halogens is 1. The molecular weight excluding hydrogens is 360 g/mol. The average molecular weight is 389 g/mol. The standard InChI is InChI=1S/C18H28N2O3S.ClH/c1-4-22-16-7-6-14(10-17(16)23-5-2)13(3)20-18(21)11-15-12-24-9-8-19-15;/h6-7,10,13,15,19H,4-5,8-9,11-12H2,1-3H3,(H,20,21);1H. The molecule has 2 rings (SSSR count). The van der Waals surface area contributed by atoms with Gasteiger partial charge in [0.25, 0.3) is 0 Å². The maximum atomic E-state index is 12.3. The predicted octanol–water partition coefficient (Wildman–Crippen LogP) is 3.18. The van der Waals surface area contributed by atoms with Crippen LogP contribution in [0.15, 0.2) is 18.2 Å². The highest BCUT2D eigenvalue weighted by molar-refractivity contribution is 7.99. The van der Waals surface area contributed by atoms with Crippen LogP contribution in [-0.2, 0) is 4.79 Å². The average Bonchev–Trinajstić information content (AvgIpc) is 2.57. The van der Waals surface area contributed by atoms with E-state index < -0.39 is 0 Å². The molecule has 0 spiro atoms. The van der Waals surface area contributed by atoms with E-state index in [0.717, 1.165) is 35.1 Å². The first-order valence-electron chi connectivity index (χ1n) is 8.64. The monoisotopic (exact) mass is 388 g/mol. The van der Waals surface area contributed by atoms with Gasteiger partial charge in [0.2, 0.25) is 5.91 Å². The summed E-state index contributed by atoms with van der Waals surface area (Å²) in [6.07, 6.45) is 0.521. The lowest BCUT2D eigenvalue weighted by atomic mass is 10.1. The highest BCUT2D eigenvalue weighted by Gasteiger charge is 2.19. The van der Waals surface area contributed by atoms with Crippen LogP contribution in [0, 0.1) is 0 Å². The van der Waals surface area contributed by atoms with Crippen molar-refractivity contribution in [2.24, 2.45) is 0 Å². The van der Waals surface area contributed by atoms with Gasteiger partial charge in [0.15, 0.2) is 11.5 Å². The predicted molar refractivity (Wildman–Crippen MR) is 106 cm³/mol. The highest BCUT2D eigenvalue weighted by atomic mass is 35.5. The summed E-state index contributed by atoms with van der Waals surface area (Å²) in [5.41, 5.74) is 1.02. The van der Waals surface area contributed by atoms with Crippen LogP contribution in [0.5, 0.6) is 11.5 Å². The zero-order valence-corrected chi connectivity index (χ0v) is 16.8. The highest BCUT2D eigenvalue weighted by Crippen LogP contribution is 2.30. The van der Waals surface area contributed by atoms with Crippen LogP contribution < -0.4 is 20.1 Å². The molecule has 1 fully saturated rings. The van der Waals surface area contributed by atoms with Gasteiger partial charge in [-0.15, -0.1) is 12.4 Å². The van der Waals surface area contributed by atoms with Gasteiger partial charge in [-0.05, 0) is 38.5 Å². The number of benzene rings is 1. The molecule has 2 atom stereocenters. The van der Waals surface area contributed by atoms with Gasteiger partial charge in [-0.25, -0.2) is 0 Å². The Hall–Kier alpha value is -1.11. The van der Waals surface area contributed by atoms with Crippen LogP contribution in [-0.4, -0.2) is 43.2 Å². The summed E-state index contributed by atoms with van der Waals surface area (Å²) >= 11 is 1.90. The number of thioether (sulfide) groups is 1. The summed E-state index contributed by atoms with van der Waals surface area (Å²) in [7, 11) is 0. The van der Waals surface area contributed by atoms with Crippen molar-refractivity contribution in [2.45, 2.75) is 39.3 Å². The Kier molecular flexibility index (Phi) is 10.1. The Bertz CT molecular complexity index is 539. The number of carbonyl (C=O) groups is 1. The molecule has 142 valence electrons. The minimum atomic E-state index is -0.0661. The molecule has 2 unspecified atom stereocenters. The van der Waals surface area contributed by atoms with Crippen LogP contribution in [0.3, 0.4) is 0 Å². The Balaban J connectivity index is 0.00000312. The molecule has 1 aromatic rings. The summed E-state index contributed by atoms with van der Waals surface area (Å²) in [5, 5.41) is 6.47. The molecule has 0 saturated carbocycles. The lowest BCUT2D eigenvalue weighted by Crippen LogP contribution is -2.41. The van der Waals surface area contributed by atoms with E-state index >= 15 is 0 Å². The molecule has 1 aliphatic heterocycles. The fourth-order valence-corrected chi connectivity index (χ4v) is 3.64. The van der Waals surface area contributed by atoms with Gasteiger partial charge in [-0.1, -0.05) is 6.07 Å². The van der Waals surface area contributed by atoms with Crippen molar-refractivity contribution in [3.05, 3.63) is 23.8 Å². The van der Waals surface area contributed by atoms with E-state index in [-0.39, 0.29) is 30.4 Å². The van der Waals surface area contributed by atoms with Crippen molar-refractivity contribution in [3.63, 3.8) is 0 Å². The van der Waals surface area contributed by atoms with Gasteiger partial charge < -0.3 is 20.1 Å². The fourth-order valence-electron chi connectivity index (χ4n) is 2.70.